The summed E-state index contributed by atoms with van der Waals surface area (Å²) in [6, 6.07) is 53.9. The van der Waals surface area contributed by atoms with Crippen LogP contribution in [0.5, 0.6) is 0 Å². The van der Waals surface area contributed by atoms with E-state index in [9.17, 15) is 0 Å². The van der Waals surface area contributed by atoms with Gasteiger partial charge in [0.05, 0.1) is 22.7 Å². The highest BCUT2D eigenvalue weighted by atomic mass is 15.2. The molecule has 0 radical (unpaired) electrons. The number of anilines is 6. The van der Waals surface area contributed by atoms with E-state index in [0.29, 0.717) is 0 Å². The number of fused-ring (bicyclic) bond motifs is 4. The average molecular weight is 623 g/mol. The molecule has 2 heteroatoms. The number of nitrogens with zero attached hydrogens (tertiary/aromatic N) is 2. The molecule has 48 heavy (non-hydrogen) atoms. The first-order valence-electron chi connectivity index (χ1n) is 17.0. The van der Waals surface area contributed by atoms with Crippen LogP contribution in [-0.4, -0.2) is 0 Å². The third-order valence-corrected chi connectivity index (χ3v) is 9.89. The number of hydrogen-bond acceptors (Lipinski definition) is 2. The highest BCUT2D eigenvalue weighted by molar-refractivity contribution is 6.17. The molecule has 6 aromatic rings. The standard InChI is InChI=1S/C46H42N2/c1-45(2,3)31-23-27-33(28-24-31)47-39-19-11-7-15-35(39)43(36-16-8-12-20-40(36)47)44-37-17-9-13-21-41(37)48(42-22-14-10-18-38(42)44)34-29-25-32(26-30-34)46(4,5)6/h7-30H,1-6H3. The van der Waals surface area contributed by atoms with Gasteiger partial charge in [-0.05, 0) is 70.5 Å². The zero-order chi connectivity index (χ0) is 33.2. The van der Waals surface area contributed by atoms with Gasteiger partial charge in [0.1, 0.15) is 0 Å². The van der Waals surface area contributed by atoms with Crippen molar-refractivity contribution < 1.29 is 0 Å². The summed E-state index contributed by atoms with van der Waals surface area (Å²) in [4.78, 5) is 4.87. The maximum absolute atomic E-state index is 2.44. The lowest BCUT2D eigenvalue weighted by Crippen LogP contribution is -2.22. The molecule has 6 aromatic carbocycles. The van der Waals surface area contributed by atoms with Crippen LogP contribution in [0.15, 0.2) is 146 Å². The van der Waals surface area contributed by atoms with E-state index in [4.69, 9.17) is 0 Å². The Morgan fingerprint density at radius 1 is 0.312 bits per heavy atom. The Balaban J connectivity index is 1.38. The SMILES string of the molecule is CC(C)(C)c1ccc(N2c3ccccc3C(=C3c4ccccc4N(c4ccc(C(C)(C)C)cc4)c4ccccc43)c3ccccc32)cc1. The van der Waals surface area contributed by atoms with Crippen molar-refractivity contribution in [1.29, 1.82) is 0 Å². The molecule has 2 aliphatic rings. The molecule has 2 heterocycles. The Morgan fingerprint density at radius 3 is 0.812 bits per heavy atom. The predicted octanol–water partition coefficient (Wildman–Crippen LogP) is 12.9. The molecule has 2 aliphatic heterocycles. The molecule has 0 bridgehead atoms. The molecule has 0 N–H and O–H groups in total. The molecule has 0 aliphatic carbocycles. The zero-order valence-corrected chi connectivity index (χ0v) is 28.8. The van der Waals surface area contributed by atoms with Crippen LogP contribution in [0.25, 0.3) is 11.1 Å². The van der Waals surface area contributed by atoms with E-state index in [2.05, 4.69) is 197 Å². The molecule has 0 spiro atoms. The fourth-order valence-electron chi connectivity index (χ4n) is 7.39. The molecule has 0 saturated heterocycles. The predicted molar refractivity (Wildman–Crippen MR) is 205 cm³/mol. The highest BCUT2D eigenvalue weighted by Gasteiger charge is 2.35. The Morgan fingerprint density at radius 2 is 0.562 bits per heavy atom. The second kappa shape index (κ2) is 11.1. The summed E-state index contributed by atoms with van der Waals surface area (Å²) in [5.41, 5.74) is 17.4. The number of rotatable bonds is 2. The van der Waals surface area contributed by atoms with E-state index in [1.54, 1.807) is 0 Å². The minimum Gasteiger partial charge on any atom is -0.309 e. The van der Waals surface area contributed by atoms with E-state index >= 15 is 0 Å². The van der Waals surface area contributed by atoms with Gasteiger partial charge in [-0.25, -0.2) is 0 Å². The minimum absolute atomic E-state index is 0.0953. The fourth-order valence-corrected chi connectivity index (χ4v) is 7.39. The normalized spacial score (nSPS) is 13.9. The molecular formula is C46H42N2. The molecule has 0 aromatic heterocycles. The third kappa shape index (κ3) is 4.86. The molecule has 8 rings (SSSR count). The Kier molecular flexibility index (Phi) is 6.96. The Hall–Kier alpha value is -5.34. The molecule has 0 atom stereocenters. The van der Waals surface area contributed by atoms with Crippen molar-refractivity contribution in [2.45, 2.75) is 52.4 Å². The van der Waals surface area contributed by atoms with Gasteiger partial charge in [0.2, 0.25) is 0 Å². The van der Waals surface area contributed by atoms with Crippen molar-refractivity contribution in [3.8, 4) is 0 Å². The topological polar surface area (TPSA) is 6.48 Å². The lowest BCUT2D eigenvalue weighted by atomic mass is 9.79. The van der Waals surface area contributed by atoms with Crippen LogP contribution >= 0.6 is 0 Å². The van der Waals surface area contributed by atoms with E-state index < -0.39 is 0 Å². The molecule has 0 unspecified atom stereocenters. The minimum atomic E-state index is 0.0953. The summed E-state index contributed by atoms with van der Waals surface area (Å²) in [6.45, 7) is 13.6. The van der Waals surface area contributed by atoms with Crippen molar-refractivity contribution in [3.05, 3.63) is 179 Å². The summed E-state index contributed by atoms with van der Waals surface area (Å²) >= 11 is 0. The van der Waals surface area contributed by atoms with E-state index in [0.717, 1.165) is 0 Å². The van der Waals surface area contributed by atoms with Crippen molar-refractivity contribution in [2.24, 2.45) is 0 Å². The second-order valence-corrected chi connectivity index (χ2v) is 15.1. The van der Waals surface area contributed by atoms with Crippen molar-refractivity contribution in [3.63, 3.8) is 0 Å². The van der Waals surface area contributed by atoms with Gasteiger partial charge in [-0.3, -0.25) is 0 Å². The van der Waals surface area contributed by atoms with E-state index in [1.807, 2.05) is 0 Å². The van der Waals surface area contributed by atoms with Crippen molar-refractivity contribution in [2.75, 3.05) is 9.80 Å². The lowest BCUT2D eigenvalue weighted by Gasteiger charge is -2.39. The fraction of sp³-hybridized carbons (Fsp3) is 0.174. The van der Waals surface area contributed by atoms with Gasteiger partial charge in [-0.1, -0.05) is 139 Å². The van der Waals surface area contributed by atoms with Gasteiger partial charge in [-0.2, -0.15) is 0 Å². The van der Waals surface area contributed by atoms with E-state index in [-0.39, 0.29) is 10.8 Å². The largest absolute Gasteiger partial charge is 0.309 e. The highest BCUT2D eigenvalue weighted by Crippen LogP contribution is 2.56. The molecule has 0 saturated carbocycles. The summed E-state index contributed by atoms with van der Waals surface area (Å²) in [7, 11) is 0. The van der Waals surface area contributed by atoms with Crippen LogP contribution in [0.3, 0.4) is 0 Å². The monoisotopic (exact) mass is 622 g/mol. The quantitative estimate of drug-likeness (QED) is 0.189. The Labute approximate surface area is 285 Å². The maximum atomic E-state index is 2.44. The molecule has 0 amide bonds. The molecule has 0 fully saturated rings. The molecule has 2 nitrogen and oxygen atoms in total. The first-order valence-corrected chi connectivity index (χ1v) is 17.0. The van der Waals surface area contributed by atoms with Gasteiger partial charge in [0.25, 0.3) is 0 Å². The summed E-state index contributed by atoms with van der Waals surface area (Å²) in [6.07, 6.45) is 0. The summed E-state index contributed by atoms with van der Waals surface area (Å²) in [5.74, 6) is 0. The lowest BCUT2D eigenvalue weighted by molar-refractivity contribution is 0.590. The van der Waals surface area contributed by atoms with Gasteiger partial charge < -0.3 is 9.80 Å². The first kappa shape index (κ1) is 30.0. The number of benzene rings is 6. The average Bonchev–Trinajstić information content (AvgIpc) is 3.09. The van der Waals surface area contributed by atoms with Crippen LogP contribution in [0, 0.1) is 0 Å². The summed E-state index contributed by atoms with van der Waals surface area (Å²) < 4.78 is 0. The number of hydrogen-bond donors (Lipinski definition) is 0. The Bertz CT molecular complexity index is 1930. The van der Waals surface area contributed by atoms with Gasteiger partial charge in [0, 0.05) is 44.8 Å². The third-order valence-electron chi connectivity index (χ3n) is 9.89. The molecular weight excluding hydrogens is 581 g/mol. The van der Waals surface area contributed by atoms with Crippen LogP contribution in [0.1, 0.15) is 74.9 Å². The second-order valence-electron chi connectivity index (χ2n) is 15.1. The van der Waals surface area contributed by atoms with Crippen LogP contribution in [-0.2, 0) is 10.8 Å². The van der Waals surface area contributed by atoms with Gasteiger partial charge in [0.15, 0.2) is 0 Å². The van der Waals surface area contributed by atoms with Crippen molar-refractivity contribution in [1.82, 2.24) is 0 Å². The number of para-hydroxylation sites is 4. The first-order chi connectivity index (χ1) is 23.1. The van der Waals surface area contributed by atoms with Crippen LogP contribution in [0.4, 0.5) is 34.1 Å². The maximum Gasteiger partial charge on any atom is 0.0540 e. The van der Waals surface area contributed by atoms with Crippen molar-refractivity contribution >= 4 is 45.3 Å². The smallest absolute Gasteiger partial charge is 0.0540 e. The van der Waals surface area contributed by atoms with E-state index in [1.165, 1.54) is 78.7 Å². The zero-order valence-electron chi connectivity index (χ0n) is 28.8. The van der Waals surface area contributed by atoms with Gasteiger partial charge >= 0.3 is 0 Å². The van der Waals surface area contributed by atoms with Gasteiger partial charge in [-0.15, -0.1) is 0 Å². The van der Waals surface area contributed by atoms with Crippen LogP contribution < -0.4 is 9.80 Å². The molecule has 236 valence electrons. The van der Waals surface area contributed by atoms with Crippen LogP contribution in [0.2, 0.25) is 0 Å². The summed E-state index contributed by atoms with van der Waals surface area (Å²) in [5, 5.41) is 0.